The number of carbonyl (C=O) groups is 1. The molecule has 2 aromatic heterocycles. The van der Waals surface area contributed by atoms with Crippen molar-refractivity contribution in [3.05, 3.63) is 71.1 Å². The van der Waals surface area contributed by atoms with Crippen LogP contribution in [-0.2, 0) is 17.8 Å². The van der Waals surface area contributed by atoms with Gasteiger partial charge in [0.2, 0.25) is 5.91 Å². The lowest BCUT2D eigenvalue weighted by Gasteiger charge is -2.21. The number of fused-ring (bicyclic) bond motifs is 1. The van der Waals surface area contributed by atoms with Gasteiger partial charge in [-0.3, -0.25) is 4.79 Å². The van der Waals surface area contributed by atoms with Crippen molar-refractivity contribution in [2.24, 2.45) is 0 Å². The highest BCUT2D eigenvalue weighted by Gasteiger charge is 2.16. The molecule has 3 aromatic rings. The van der Waals surface area contributed by atoms with Crippen molar-refractivity contribution in [1.29, 1.82) is 0 Å². The summed E-state index contributed by atoms with van der Waals surface area (Å²) in [6.07, 6.45) is 4.09. The molecular formula is C18H18ClN3O. The number of benzene rings is 1. The predicted octanol–water partition coefficient (Wildman–Crippen LogP) is 3.58. The van der Waals surface area contributed by atoms with Crippen molar-refractivity contribution in [2.75, 3.05) is 6.54 Å². The number of rotatable bonds is 5. The molecule has 0 fully saturated rings. The van der Waals surface area contributed by atoms with Crippen LogP contribution in [0.15, 0.2) is 54.9 Å². The van der Waals surface area contributed by atoms with E-state index in [9.17, 15) is 4.79 Å². The summed E-state index contributed by atoms with van der Waals surface area (Å²) in [7, 11) is 0. The second kappa shape index (κ2) is 6.84. The number of nitrogens with zero attached hydrogens (tertiary/aromatic N) is 3. The lowest BCUT2D eigenvalue weighted by Crippen LogP contribution is -2.32. The SMILES string of the molecule is CCN(Cc1cnc2ccccn12)C(=O)Cc1ccccc1Cl. The van der Waals surface area contributed by atoms with Crippen LogP contribution in [0.2, 0.25) is 5.02 Å². The molecule has 0 spiro atoms. The summed E-state index contributed by atoms with van der Waals surface area (Å²) >= 11 is 6.15. The van der Waals surface area contributed by atoms with Crippen LogP contribution in [0.1, 0.15) is 18.2 Å². The third-order valence-electron chi connectivity index (χ3n) is 3.88. The van der Waals surface area contributed by atoms with E-state index >= 15 is 0 Å². The fraction of sp³-hybridized carbons (Fsp3) is 0.222. The summed E-state index contributed by atoms with van der Waals surface area (Å²) in [5.41, 5.74) is 2.74. The van der Waals surface area contributed by atoms with E-state index in [4.69, 9.17) is 11.6 Å². The minimum Gasteiger partial charge on any atom is -0.337 e. The molecule has 1 aromatic carbocycles. The first-order valence-electron chi connectivity index (χ1n) is 7.61. The Morgan fingerprint density at radius 3 is 2.78 bits per heavy atom. The van der Waals surface area contributed by atoms with Crippen LogP contribution in [0.3, 0.4) is 0 Å². The zero-order valence-electron chi connectivity index (χ0n) is 12.9. The van der Waals surface area contributed by atoms with Crippen molar-refractivity contribution in [3.63, 3.8) is 0 Å². The number of halogens is 1. The van der Waals surface area contributed by atoms with Crippen LogP contribution >= 0.6 is 11.6 Å². The summed E-state index contributed by atoms with van der Waals surface area (Å²) in [4.78, 5) is 18.8. The largest absolute Gasteiger partial charge is 0.337 e. The van der Waals surface area contributed by atoms with Gasteiger partial charge in [-0.1, -0.05) is 35.9 Å². The van der Waals surface area contributed by atoms with Crippen molar-refractivity contribution >= 4 is 23.2 Å². The Balaban J connectivity index is 1.77. The smallest absolute Gasteiger partial charge is 0.227 e. The Hall–Kier alpha value is -2.33. The third-order valence-corrected chi connectivity index (χ3v) is 4.25. The number of hydrogen-bond acceptors (Lipinski definition) is 2. The zero-order valence-corrected chi connectivity index (χ0v) is 13.7. The molecule has 4 nitrogen and oxygen atoms in total. The highest BCUT2D eigenvalue weighted by molar-refractivity contribution is 6.31. The van der Waals surface area contributed by atoms with Gasteiger partial charge in [0.05, 0.1) is 24.9 Å². The summed E-state index contributed by atoms with van der Waals surface area (Å²) in [5.74, 6) is 0.0616. The number of imidazole rings is 1. The van der Waals surface area contributed by atoms with Crippen LogP contribution in [0, 0.1) is 0 Å². The van der Waals surface area contributed by atoms with Crippen LogP contribution < -0.4 is 0 Å². The normalized spacial score (nSPS) is 10.9. The number of likely N-dealkylation sites (N-methyl/N-ethyl adjacent to an activating group) is 1. The maximum Gasteiger partial charge on any atom is 0.227 e. The van der Waals surface area contributed by atoms with E-state index in [0.717, 1.165) is 16.9 Å². The standard InChI is InChI=1S/C18H18ClN3O/c1-2-21(18(23)11-14-7-3-4-8-16(14)19)13-15-12-20-17-9-5-6-10-22(15)17/h3-10,12H,2,11,13H2,1H3. The first-order valence-corrected chi connectivity index (χ1v) is 7.99. The molecular weight excluding hydrogens is 310 g/mol. The van der Waals surface area contributed by atoms with E-state index in [1.165, 1.54) is 0 Å². The fourth-order valence-corrected chi connectivity index (χ4v) is 2.79. The van der Waals surface area contributed by atoms with Crippen LogP contribution in [0.4, 0.5) is 0 Å². The number of pyridine rings is 1. The molecule has 0 unspecified atom stereocenters. The number of amides is 1. The Morgan fingerprint density at radius 2 is 2.00 bits per heavy atom. The van der Waals surface area contributed by atoms with Crippen molar-refractivity contribution in [2.45, 2.75) is 19.9 Å². The molecule has 3 rings (SSSR count). The molecule has 0 saturated carbocycles. The molecule has 0 radical (unpaired) electrons. The highest BCUT2D eigenvalue weighted by Crippen LogP contribution is 2.17. The molecule has 0 aliphatic rings. The summed E-state index contributed by atoms with van der Waals surface area (Å²) in [6.45, 7) is 3.15. The van der Waals surface area contributed by atoms with E-state index < -0.39 is 0 Å². The monoisotopic (exact) mass is 327 g/mol. The van der Waals surface area contributed by atoms with Gasteiger partial charge in [0.25, 0.3) is 0 Å². The maximum absolute atomic E-state index is 12.6. The first-order chi connectivity index (χ1) is 11.2. The van der Waals surface area contributed by atoms with Gasteiger partial charge in [-0.15, -0.1) is 0 Å². The molecule has 5 heteroatoms. The second-order valence-electron chi connectivity index (χ2n) is 5.35. The van der Waals surface area contributed by atoms with E-state index in [1.807, 2.05) is 71.1 Å². The quantitative estimate of drug-likeness (QED) is 0.718. The van der Waals surface area contributed by atoms with E-state index in [0.29, 0.717) is 24.5 Å². The summed E-state index contributed by atoms with van der Waals surface area (Å²) in [6, 6.07) is 13.3. The lowest BCUT2D eigenvalue weighted by molar-refractivity contribution is -0.130. The highest BCUT2D eigenvalue weighted by atomic mass is 35.5. The predicted molar refractivity (Wildman–Crippen MR) is 91.4 cm³/mol. The van der Waals surface area contributed by atoms with Gasteiger partial charge in [0.1, 0.15) is 5.65 Å². The van der Waals surface area contributed by atoms with Crippen molar-refractivity contribution < 1.29 is 4.79 Å². The minimum absolute atomic E-state index is 0.0616. The third kappa shape index (κ3) is 3.37. The summed E-state index contributed by atoms with van der Waals surface area (Å²) < 4.78 is 2.01. The van der Waals surface area contributed by atoms with Crippen molar-refractivity contribution in [3.8, 4) is 0 Å². The molecule has 0 N–H and O–H groups in total. The topological polar surface area (TPSA) is 37.6 Å². The Morgan fingerprint density at radius 1 is 1.22 bits per heavy atom. The average molecular weight is 328 g/mol. The molecule has 0 bridgehead atoms. The van der Waals surface area contributed by atoms with Gasteiger partial charge in [0.15, 0.2) is 0 Å². The molecule has 0 aliphatic carbocycles. The Kier molecular flexibility index (Phi) is 4.63. The lowest BCUT2D eigenvalue weighted by atomic mass is 10.1. The van der Waals surface area contributed by atoms with E-state index in [1.54, 1.807) is 0 Å². The maximum atomic E-state index is 12.6. The molecule has 1 amide bonds. The van der Waals surface area contributed by atoms with Gasteiger partial charge < -0.3 is 9.30 Å². The number of hydrogen-bond donors (Lipinski definition) is 0. The van der Waals surface area contributed by atoms with Crippen molar-refractivity contribution in [1.82, 2.24) is 14.3 Å². The Bertz CT molecular complexity index is 828. The van der Waals surface area contributed by atoms with Gasteiger partial charge in [0, 0.05) is 17.8 Å². The number of aromatic nitrogens is 2. The molecule has 0 saturated heterocycles. The van der Waals surface area contributed by atoms with Crippen LogP contribution in [0.25, 0.3) is 5.65 Å². The molecule has 2 heterocycles. The molecule has 0 atom stereocenters. The number of carbonyl (C=O) groups excluding carboxylic acids is 1. The van der Waals surface area contributed by atoms with Gasteiger partial charge in [-0.05, 0) is 30.7 Å². The second-order valence-corrected chi connectivity index (χ2v) is 5.76. The minimum atomic E-state index is 0.0616. The fourth-order valence-electron chi connectivity index (χ4n) is 2.59. The van der Waals surface area contributed by atoms with Gasteiger partial charge in [-0.25, -0.2) is 4.98 Å². The Labute approximate surface area is 140 Å². The van der Waals surface area contributed by atoms with Crippen LogP contribution in [-0.4, -0.2) is 26.7 Å². The first kappa shape index (κ1) is 15.6. The zero-order chi connectivity index (χ0) is 16.2. The molecule has 23 heavy (non-hydrogen) atoms. The average Bonchev–Trinajstić information content (AvgIpc) is 2.97. The van der Waals surface area contributed by atoms with Gasteiger partial charge in [-0.2, -0.15) is 0 Å². The molecule has 0 aliphatic heterocycles. The van der Waals surface area contributed by atoms with Crippen LogP contribution in [0.5, 0.6) is 0 Å². The summed E-state index contributed by atoms with van der Waals surface area (Å²) in [5, 5.41) is 0.631. The molecule has 118 valence electrons. The van der Waals surface area contributed by atoms with E-state index in [-0.39, 0.29) is 5.91 Å². The van der Waals surface area contributed by atoms with Gasteiger partial charge >= 0.3 is 0 Å². The van der Waals surface area contributed by atoms with E-state index in [2.05, 4.69) is 4.98 Å².